The molecule has 1 rings (SSSR count). The molecule has 80 valence electrons. The summed E-state index contributed by atoms with van der Waals surface area (Å²) < 4.78 is 0.771. The lowest BCUT2D eigenvalue weighted by atomic mass is 10.2. The third kappa shape index (κ3) is 3.83. The molecule has 1 amide bonds. The van der Waals surface area contributed by atoms with Gasteiger partial charge in [0.1, 0.15) is 0 Å². The molecule has 0 saturated carbocycles. The fourth-order valence-corrected chi connectivity index (χ4v) is 1.47. The van der Waals surface area contributed by atoms with Gasteiger partial charge in [0, 0.05) is 10.7 Å². The second-order valence-electron chi connectivity index (χ2n) is 3.02. The number of hydrogen-bond donors (Lipinski definition) is 1. The van der Waals surface area contributed by atoms with Gasteiger partial charge in [0.2, 0.25) is 0 Å². The molecule has 0 bridgehead atoms. The fourth-order valence-electron chi connectivity index (χ4n) is 1.00. The van der Waals surface area contributed by atoms with E-state index < -0.39 is 0 Å². The van der Waals surface area contributed by atoms with E-state index in [1.807, 2.05) is 18.2 Å². The topological polar surface area (TPSA) is 41.5 Å². The second kappa shape index (κ2) is 6.35. The molecule has 0 unspecified atom stereocenters. The maximum Gasteiger partial charge on any atom is 0.272 e. The second-order valence-corrected chi connectivity index (χ2v) is 3.88. The minimum Gasteiger partial charge on any atom is -0.267 e. The third-order valence-corrected chi connectivity index (χ3v) is 2.49. The van der Waals surface area contributed by atoms with Crippen molar-refractivity contribution in [3.63, 3.8) is 0 Å². The van der Waals surface area contributed by atoms with E-state index in [0.29, 0.717) is 5.56 Å². The summed E-state index contributed by atoms with van der Waals surface area (Å²) in [5, 5.41) is 3.83. The van der Waals surface area contributed by atoms with Gasteiger partial charge in [-0.3, -0.25) is 4.79 Å². The summed E-state index contributed by atoms with van der Waals surface area (Å²) in [5.74, 6) is -0.199. The number of nitrogens with one attached hydrogen (secondary N) is 1. The van der Waals surface area contributed by atoms with Crippen LogP contribution in [0.4, 0.5) is 0 Å². The van der Waals surface area contributed by atoms with E-state index in [1.54, 1.807) is 12.3 Å². The molecule has 3 nitrogen and oxygen atoms in total. The number of hydrazone groups is 1. The van der Waals surface area contributed by atoms with Crippen molar-refractivity contribution in [3.8, 4) is 0 Å². The van der Waals surface area contributed by atoms with Gasteiger partial charge in [-0.2, -0.15) is 5.10 Å². The molecular formula is C11H13BrN2O. The monoisotopic (exact) mass is 268 g/mol. The summed E-state index contributed by atoms with van der Waals surface area (Å²) >= 11 is 3.31. The highest BCUT2D eigenvalue weighted by atomic mass is 79.9. The lowest BCUT2D eigenvalue weighted by molar-refractivity contribution is 0.0954. The smallest absolute Gasteiger partial charge is 0.267 e. The van der Waals surface area contributed by atoms with Crippen LogP contribution in [0, 0.1) is 0 Å². The van der Waals surface area contributed by atoms with Crippen molar-refractivity contribution < 1.29 is 4.79 Å². The lowest BCUT2D eigenvalue weighted by Gasteiger charge is -2.01. The average Bonchev–Trinajstić information content (AvgIpc) is 2.25. The molecule has 15 heavy (non-hydrogen) atoms. The number of hydrogen-bond acceptors (Lipinski definition) is 2. The largest absolute Gasteiger partial charge is 0.272 e. The minimum atomic E-state index is -0.199. The normalized spacial score (nSPS) is 10.5. The van der Waals surface area contributed by atoms with Crippen LogP contribution in [-0.4, -0.2) is 12.1 Å². The average molecular weight is 269 g/mol. The first-order valence-electron chi connectivity index (χ1n) is 4.82. The van der Waals surface area contributed by atoms with Crippen LogP contribution in [-0.2, 0) is 0 Å². The van der Waals surface area contributed by atoms with Gasteiger partial charge in [-0.15, -0.1) is 0 Å². The predicted molar refractivity (Wildman–Crippen MR) is 65.0 cm³/mol. The Morgan fingerprint density at radius 2 is 2.27 bits per heavy atom. The predicted octanol–water partition coefficient (Wildman–Crippen LogP) is 2.96. The molecule has 0 heterocycles. The SMILES string of the molecule is CCC/C=N/NC(=O)c1ccccc1Br. The molecular weight excluding hydrogens is 256 g/mol. The number of halogens is 1. The van der Waals surface area contributed by atoms with Gasteiger partial charge in [-0.25, -0.2) is 5.43 Å². The van der Waals surface area contributed by atoms with Crippen molar-refractivity contribution in [2.24, 2.45) is 5.10 Å². The number of carbonyl (C=O) groups is 1. The molecule has 4 heteroatoms. The zero-order valence-electron chi connectivity index (χ0n) is 8.53. The van der Waals surface area contributed by atoms with Crippen molar-refractivity contribution in [1.82, 2.24) is 5.43 Å². The fraction of sp³-hybridized carbons (Fsp3) is 0.273. The van der Waals surface area contributed by atoms with Crippen LogP contribution in [0.25, 0.3) is 0 Å². The van der Waals surface area contributed by atoms with Gasteiger partial charge in [-0.05, 0) is 34.5 Å². The molecule has 0 aliphatic rings. The summed E-state index contributed by atoms with van der Waals surface area (Å²) in [5.41, 5.74) is 3.06. The van der Waals surface area contributed by atoms with Crippen LogP contribution in [0.2, 0.25) is 0 Å². The summed E-state index contributed by atoms with van der Waals surface area (Å²) in [6.07, 6.45) is 3.60. The molecule has 0 aliphatic heterocycles. The van der Waals surface area contributed by atoms with Crippen LogP contribution >= 0.6 is 15.9 Å². The summed E-state index contributed by atoms with van der Waals surface area (Å²) in [6, 6.07) is 7.25. The maximum absolute atomic E-state index is 11.6. The maximum atomic E-state index is 11.6. The lowest BCUT2D eigenvalue weighted by Crippen LogP contribution is -2.17. The molecule has 0 atom stereocenters. The number of carbonyl (C=O) groups excluding carboxylic acids is 1. The Bertz CT molecular complexity index is 363. The standard InChI is InChI=1S/C11H13BrN2O/c1-2-3-8-13-14-11(15)9-6-4-5-7-10(9)12/h4-8H,2-3H2,1H3,(H,14,15)/b13-8+. The third-order valence-electron chi connectivity index (χ3n) is 1.79. The molecule has 0 aromatic heterocycles. The Labute approximate surface area is 97.7 Å². The zero-order chi connectivity index (χ0) is 11.1. The quantitative estimate of drug-likeness (QED) is 0.662. The van der Waals surface area contributed by atoms with Crippen LogP contribution < -0.4 is 5.43 Å². The Kier molecular flexibility index (Phi) is 5.04. The van der Waals surface area contributed by atoms with E-state index in [9.17, 15) is 4.79 Å². The Hall–Kier alpha value is -1.16. The van der Waals surface area contributed by atoms with Crippen molar-refractivity contribution in [2.75, 3.05) is 0 Å². The number of amides is 1. The molecule has 0 fully saturated rings. The molecule has 1 N–H and O–H groups in total. The first-order valence-corrected chi connectivity index (χ1v) is 5.61. The molecule has 1 aromatic carbocycles. The van der Waals surface area contributed by atoms with Gasteiger partial charge in [-0.1, -0.05) is 25.5 Å². The Morgan fingerprint density at radius 1 is 1.53 bits per heavy atom. The minimum absolute atomic E-state index is 0.199. The van der Waals surface area contributed by atoms with E-state index in [4.69, 9.17) is 0 Å². The highest BCUT2D eigenvalue weighted by molar-refractivity contribution is 9.10. The van der Waals surface area contributed by atoms with Crippen molar-refractivity contribution in [3.05, 3.63) is 34.3 Å². The summed E-state index contributed by atoms with van der Waals surface area (Å²) in [4.78, 5) is 11.6. The Morgan fingerprint density at radius 3 is 2.93 bits per heavy atom. The van der Waals surface area contributed by atoms with Crippen LogP contribution in [0.5, 0.6) is 0 Å². The zero-order valence-corrected chi connectivity index (χ0v) is 10.1. The van der Waals surface area contributed by atoms with E-state index >= 15 is 0 Å². The van der Waals surface area contributed by atoms with Crippen molar-refractivity contribution in [2.45, 2.75) is 19.8 Å². The van der Waals surface area contributed by atoms with E-state index in [-0.39, 0.29) is 5.91 Å². The van der Waals surface area contributed by atoms with Gasteiger partial charge in [0.15, 0.2) is 0 Å². The Balaban J connectivity index is 2.58. The van der Waals surface area contributed by atoms with Crippen LogP contribution in [0.15, 0.2) is 33.8 Å². The number of rotatable bonds is 4. The van der Waals surface area contributed by atoms with Crippen LogP contribution in [0.3, 0.4) is 0 Å². The highest BCUT2D eigenvalue weighted by Crippen LogP contribution is 2.15. The summed E-state index contributed by atoms with van der Waals surface area (Å²) in [6.45, 7) is 2.06. The van der Waals surface area contributed by atoms with E-state index in [2.05, 4.69) is 33.4 Å². The van der Waals surface area contributed by atoms with Gasteiger partial charge < -0.3 is 0 Å². The first kappa shape index (κ1) is 11.9. The van der Waals surface area contributed by atoms with Crippen molar-refractivity contribution >= 4 is 28.1 Å². The number of nitrogens with zero attached hydrogens (tertiary/aromatic N) is 1. The van der Waals surface area contributed by atoms with Crippen LogP contribution in [0.1, 0.15) is 30.1 Å². The molecule has 0 saturated heterocycles. The van der Waals surface area contributed by atoms with Gasteiger partial charge in [0.05, 0.1) is 5.56 Å². The van der Waals surface area contributed by atoms with Crippen molar-refractivity contribution in [1.29, 1.82) is 0 Å². The molecule has 0 aliphatic carbocycles. The first-order chi connectivity index (χ1) is 7.25. The van der Waals surface area contributed by atoms with Gasteiger partial charge >= 0.3 is 0 Å². The highest BCUT2D eigenvalue weighted by Gasteiger charge is 2.06. The van der Waals surface area contributed by atoms with Gasteiger partial charge in [0.25, 0.3) is 5.91 Å². The summed E-state index contributed by atoms with van der Waals surface area (Å²) in [7, 11) is 0. The molecule has 0 spiro atoms. The molecule has 0 radical (unpaired) electrons. The number of benzene rings is 1. The van der Waals surface area contributed by atoms with E-state index in [1.165, 1.54) is 0 Å². The van der Waals surface area contributed by atoms with E-state index in [0.717, 1.165) is 17.3 Å². The molecule has 1 aromatic rings. The number of unbranched alkanes of at least 4 members (excludes halogenated alkanes) is 1.